The second kappa shape index (κ2) is 43.5. The molecule has 0 aliphatic carbocycles. The largest absolute Gasteiger partial charge is 0.457 e. The maximum absolute atomic E-state index is 14.0. The quantitative estimate of drug-likeness (QED) is 0.0121. The number of ether oxygens (including phenoxy) is 4. The number of aryl methyl sites for hydroxylation is 6. The molecule has 0 fully saturated rings. The van der Waals surface area contributed by atoms with Crippen molar-refractivity contribution in [1.82, 2.24) is 79.9 Å². The zero-order valence-electron chi connectivity index (χ0n) is 73.1. The molecule has 133 heavy (non-hydrogen) atoms. The van der Waals surface area contributed by atoms with Crippen LogP contribution >= 0.6 is 11.6 Å². The summed E-state index contributed by atoms with van der Waals surface area (Å²) in [4.78, 5) is 71.1. The summed E-state index contributed by atoms with van der Waals surface area (Å²) in [5.74, 6) is -6.59. The lowest BCUT2D eigenvalue weighted by atomic mass is 9.99. The van der Waals surface area contributed by atoms with E-state index in [4.69, 9.17) is 37.6 Å². The van der Waals surface area contributed by atoms with Gasteiger partial charge in [0.15, 0.2) is 11.5 Å². The van der Waals surface area contributed by atoms with Gasteiger partial charge in [0.1, 0.15) is 47.8 Å². The minimum atomic E-state index is -5.05. The Morgan fingerprint density at radius 1 is 0.481 bits per heavy atom. The molecular formula is C83H86ClF6N23O16S4. The predicted molar refractivity (Wildman–Crippen MR) is 474 cm³/mol. The molecule has 0 aliphatic rings. The molecule has 50 heteroatoms. The van der Waals surface area contributed by atoms with Crippen LogP contribution in [0.3, 0.4) is 0 Å². The van der Waals surface area contributed by atoms with Gasteiger partial charge in [-0.05, 0) is 115 Å². The normalized spacial score (nSPS) is 12.5. The van der Waals surface area contributed by atoms with E-state index >= 15 is 0 Å². The van der Waals surface area contributed by atoms with E-state index in [1.165, 1.54) is 94.2 Å². The van der Waals surface area contributed by atoms with Gasteiger partial charge in [-0.2, -0.15) is 23.1 Å². The Kier molecular flexibility index (Phi) is 33.5. The number of alkyl halides is 5. The minimum Gasteiger partial charge on any atom is -0.457 e. The molecule has 12 rings (SSSR count). The number of nitrogens with one attached hydrogen (secondary N) is 5. The van der Waals surface area contributed by atoms with Crippen molar-refractivity contribution in [3.05, 3.63) is 242 Å². The molecule has 8 heterocycles. The number of carbonyl (C=O) groups excluding carboxylic acids is 4. The molecule has 0 spiro atoms. The SMILES string of the molecule is Cc1nc(-c2nnn(C)c2CC(=O)O[C@@H](c2ccccc2F)C(F)(F)F)ccc1NS(C)(=O)=O.Cc1nc(-c2nnn(C)c2CC(=O)O[C@H](C)c2ccccc2C(C)(F)F)ccc1NS(C)(=O)=O.Cc1nc(-c2nnn(CC#N)c2NC(=O)O[C@H](C)c2ccccc2Cl)ccc1NS(C)(=O)=O.[C-]#[N+]Cn1nnc(-c2ccc(NS(C)(=O)=O)c(C)n2)c1CC(=O)O[C@H](C)c1ccccc1. The fourth-order valence-electron chi connectivity index (χ4n) is 12.5. The highest BCUT2D eigenvalue weighted by Gasteiger charge is 2.46. The van der Waals surface area contributed by atoms with Gasteiger partial charge in [0.05, 0.1) is 136 Å². The van der Waals surface area contributed by atoms with Gasteiger partial charge < -0.3 is 18.9 Å². The standard InChI is InChI=1S/C22H25F2N5O4S.C21H22N6O4S.C20H20ClN7O4S.C20H19F4N5O4S/c1-13-17(27-34(5,31)32)10-11-18(25-13)21-19(29(4)28-26-21)12-20(30)33-14(2)15-8-6-7-9-16(15)22(3,23)24;1-14-17(25-32(4,29)30)10-11-18(23-14)21-19(27(13-22-3)26-24-21)12-20(28)31-15(2)16-8-6-5-7-9-16;1-12-16(26-33(3,30)31)8-9-17(23-12)18-19(28(11-10-22)27-25-18)24-20(29)32-13(2)14-6-4-5-7-15(14)21;1-11-14(27-34(3,31)32)8-9-15(25-11)18-16(29(2)28-26-18)10-17(30)33-19(20(22,23)24)12-6-4-5-7-13(12)21/h6-11,14,27H,12H2,1-5H3;5-11,15,25H,12-13H2,1-2,4H3;4-9,13,26H,11H2,1-3H3,(H,24,29);4-9,19,27H,10H2,1-3H3/t14-;15-;13-;19-/m1110/s1. The van der Waals surface area contributed by atoms with Gasteiger partial charge in [0.2, 0.25) is 46.2 Å². The Hall–Kier alpha value is -14.4. The Labute approximate surface area is 764 Å². The number of nitriles is 1. The number of hydrogen-bond acceptors (Lipinski definition) is 29. The lowest BCUT2D eigenvalue weighted by molar-refractivity contribution is -0.224. The van der Waals surface area contributed by atoms with E-state index in [1.807, 2.05) is 36.4 Å². The highest BCUT2D eigenvalue weighted by atomic mass is 35.5. The van der Waals surface area contributed by atoms with Crippen LogP contribution in [0, 0.1) is 51.4 Å². The Bertz CT molecular complexity index is 6870. The molecule has 0 saturated carbocycles. The summed E-state index contributed by atoms with van der Waals surface area (Å²) in [6.45, 7) is 19.0. The first-order chi connectivity index (χ1) is 62.3. The molecule has 8 aromatic heterocycles. The van der Waals surface area contributed by atoms with Crippen LogP contribution in [0.1, 0.15) is 120 Å². The smallest absolute Gasteiger partial charge is 0.429 e. The van der Waals surface area contributed by atoms with Crippen molar-refractivity contribution < 1.29 is 98.1 Å². The van der Waals surface area contributed by atoms with Crippen LogP contribution in [0.4, 0.5) is 59.7 Å². The summed E-state index contributed by atoms with van der Waals surface area (Å²) in [6.07, 6.45) is -7.60. The van der Waals surface area contributed by atoms with Crippen molar-refractivity contribution in [2.24, 2.45) is 14.1 Å². The van der Waals surface area contributed by atoms with E-state index in [0.29, 0.717) is 90.3 Å². The fourth-order valence-corrected chi connectivity index (χ4v) is 15.3. The maximum Gasteiger partial charge on any atom is 0.429 e. The third-order valence-electron chi connectivity index (χ3n) is 18.7. The summed E-state index contributed by atoms with van der Waals surface area (Å²) in [7, 11) is -10.9. The number of rotatable bonds is 30. The van der Waals surface area contributed by atoms with Gasteiger partial charge in [0, 0.05) is 48.3 Å². The van der Waals surface area contributed by atoms with Gasteiger partial charge in [-0.25, -0.2) is 82.8 Å². The van der Waals surface area contributed by atoms with Gasteiger partial charge in [0.25, 0.3) is 5.92 Å². The number of nitrogens with zero attached hydrogens (tertiary/aromatic N) is 18. The van der Waals surface area contributed by atoms with Crippen LogP contribution in [0.5, 0.6) is 0 Å². The highest BCUT2D eigenvalue weighted by Crippen LogP contribution is 2.40. The van der Waals surface area contributed by atoms with E-state index in [0.717, 1.165) is 49.6 Å². The lowest BCUT2D eigenvalue weighted by Crippen LogP contribution is -2.28. The number of esters is 3. The number of benzene rings is 4. The summed E-state index contributed by atoms with van der Waals surface area (Å²) in [5.41, 5.74) is 6.46. The molecule has 4 aromatic carbocycles. The molecule has 1 amide bonds. The van der Waals surface area contributed by atoms with E-state index in [1.54, 1.807) is 96.3 Å². The van der Waals surface area contributed by atoms with Crippen molar-refractivity contribution in [2.45, 2.75) is 124 Å². The first-order valence-electron chi connectivity index (χ1n) is 39.1. The third kappa shape index (κ3) is 29.0. The van der Waals surface area contributed by atoms with Gasteiger partial charge in [-0.1, -0.05) is 123 Å². The second-order valence-electron chi connectivity index (χ2n) is 29.4. The Morgan fingerprint density at radius 2 is 0.850 bits per heavy atom. The molecule has 4 atom stereocenters. The summed E-state index contributed by atoms with van der Waals surface area (Å²) in [6, 6.07) is 40.4. The lowest BCUT2D eigenvalue weighted by Gasteiger charge is -2.21. The molecule has 0 saturated heterocycles. The van der Waals surface area contributed by atoms with Crippen molar-refractivity contribution in [1.29, 1.82) is 5.26 Å². The van der Waals surface area contributed by atoms with Crippen LogP contribution < -0.4 is 24.2 Å². The Morgan fingerprint density at radius 3 is 1.27 bits per heavy atom. The first kappa shape index (κ1) is 102. The molecule has 5 N–H and O–H groups in total. The van der Waals surface area contributed by atoms with Gasteiger partial charge in [-0.3, -0.25) is 52.8 Å². The highest BCUT2D eigenvalue weighted by molar-refractivity contribution is 7.92. The number of halogens is 7. The monoisotopic (exact) mass is 1940 g/mol. The zero-order chi connectivity index (χ0) is 98.0. The molecule has 0 radical (unpaired) electrons. The van der Waals surface area contributed by atoms with E-state index < -0.39 is 118 Å². The van der Waals surface area contributed by atoms with E-state index in [9.17, 15) is 79.2 Å². The van der Waals surface area contributed by atoms with E-state index in [2.05, 4.69) is 95.0 Å². The number of amides is 1. The topological polar surface area (TPSA) is 504 Å². The Balaban J connectivity index is 0.000000199. The number of aromatic nitrogens is 16. The average Bonchev–Trinajstić information content (AvgIpc) is 1.55. The van der Waals surface area contributed by atoms with Gasteiger partial charge in [-0.15, -0.1) is 20.4 Å². The molecule has 0 bridgehead atoms. The third-order valence-corrected chi connectivity index (χ3v) is 21.4. The van der Waals surface area contributed by atoms with E-state index in [-0.39, 0.29) is 71.5 Å². The van der Waals surface area contributed by atoms with Crippen LogP contribution in [-0.4, -0.2) is 169 Å². The van der Waals surface area contributed by atoms with Gasteiger partial charge >= 0.3 is 36.8 Å². The van der Waals surface area contributed by atoms with Crippen molar-refractivity contribution in [2.75, 3.05) is 49.2 Å². The van der Waals surface area contributed by atoms with Crippen molar-refractivity contribution in [3.63, 3.8) is 0 Å². The number of sulfonamides is 4. The van der Waals surface area contributed by atoms with Crippen molar-refractivity contribution in [3.8, 4) is 51.6 Å². The molecule has 0 aliphatic heterocycles. The summed E-state index contributed by atoms with van der Waals surface area (Å²) >= 11 is 6.16. The molecular weight excluding hydrogens is 1850 g/mol. The fraction of sp³-hybridized carbons (Fsp3) is 0.301. The van der Waals surface area contributed by atoms with Crippen LogP contribution in [-0.2, 0) is 126 Å². The van der Waals surface area contributed by atoms with Crippen LogP contribution in [0.25, 0.3) is 50.4 Å². The van der Waals surface area contributed by atoms with Crippen LogP contribution in [0.15, 0.2) is 152 Å². The number of hydrogen-bond donors (Lipinski definition) is 5. The predicted octanol–water partition coefficient (Wildman–Crippen LogP) is 12.9. The number of carbonyl (C=O) groups is 4. The minimum absolute atomic E-state index is 0.0860. The summed E-state index contributed by atoms with van der Waals surface area (Å²) < 4.78 is 210. The molecule has 0 unspecified atom stereocenters. The second-order valence-corrected chi connectivity index (χ2v) is 36.8. The average molecular weight is 1940 g/mol. The number of pyridine rings is 4. The van der Waals surface area contributed by atoms with Crippen molar-refractivity contribution >= 4 is 104 Å². The first-order valence-corrected chi connectivity index (χ1v) is 47.0. The maximum atomic E-state index is 14.0. The molecule has 12 aromatic rings. The van der Waals surface area contributed by atoms with Crippen LogP contribution in [0.2, 0.25) is 5.02 Å². The number of anilines is 5. The molecule has 702 valence electrons. The summed E-state index contributed by atoms with van der Waals surface area (Å²) in [5, 5.41) is 43.8. The zero-order valence-corrected chi connectivity index (χ0v) is 77.2. The molecule has 39 nitrogen and oxygen atoms in total.